The van der Waals surface area contributed by atoms with Crippen LogP contribution in [-0.4, -0.2) is 5.11 Å². The van der Waals surface area contributed by atoms with E-state index in [2.05, 4.69) is 15.9 Å². The van der Waals surface area contributed by atoms with Crippen LogP contribution in [0.25, 0.3) is 10.1 Å². The molecule has 108 valence electrons. The molecule has 3 aromatic rings. The Kier molecular flexibility index (Phi) is 4.06. The highest BCUT2D eigenvalue weighted by atomic mass is 79.9. The molecule has 2 aromatic carbocycles. The molecular formula is C16H11BrF2OS. The molecule has 0 aliphatic heterocycles. The maximum absolute atomic E-state index is 13.5. The molecule has 0 spiro atoms. The molecule has 0 aliphatic carbocycles. The maximum atomic E-state index is 13.5. The number of rotatable bonds is 3. The lowest BCUT2D eigenvalue weighted by molar-refractivity contribution is 0.182. The highest BCUT2D eigenvalue weighted by molar-refractivity contribution is 9.10. The minimum Gasteiger partial charge on any atom is -0.387 e. The Balaban J connectivity index is 1.89. The predicted octanol–water partition coefficient (Wildman–Crippen LogP) is 5.22. The van der Waals surface area contributed by atoms with Crippen molar-refractivity contribution in [3.8, 4) is 0 Å². The second kappa shape index (κ2) is 5.83. The lowest BCUT2D eigenvalue weighted by Crippen LogP contribution is -2.01. The fourth-order valence-electron chi connectivity index (χ4n) is 2.20. The average molecular weight is 369 g/mol. The summed E-state index contributed by atoms with van der Waals surface area (Å²) in [7, 11) is 0. The van der Waals surface area contributed by atoms with E-state index in [1.165, 1.54) is 29.5 Å². The summed E-state index contributed by atoms with van der Waals surface area (Å²) in [6.45, 7) is 0. The lowest BCUT2D eigenvalue weighted by Gasteiger charge is -2.10. The highest BCUT2D eigenvalue weighted by Gasteiger charge is 2.15. The molecule has 21 heavy (non-hydrogen) atoms. The van der Waals surface area contributed by atoms with Crippen LogP contribution in [0, 0.1) is 11.6 Å². The van der Waals surface area contributed by atoms with Crippen molar-refractivity contribution in [2.75, 3.05) is 0 Å². The standard InChI is InChI=1S/C16H11BrF2OS/c17-16-10(2-1-3-12(16)19)6-13(20)15-7-9-4-5-11(18)8-14(9)21-15/h1-5,7-8,13,20H,6H2. The Labute approximate surface area is 133 Å². The monoisotopic (exact) mass is 368 g/mol. The van der Waals surface area contributed by atoms with Crippen molar-refractivity contribution < 1.29 is 13.9 Å². The van der Waals surface area contributed by atoms with Crippen molar-refractivity contribution in [2.24, 2.45) is 0 Å². The van der Waals surface area contributed by atoms with E-state index in [-0.39, 0.29) is 11.6 Å². The molecule has 0 amide bonds. The van der Waals surface area contributed by atoms with Gasteiger partial charge in [0.05, 0.1) is 10.6 Å². The van der Waals surface area contributed by atoms with E-state index in [1.54, 1.807) is 18.2 Å². The molecule has 0 saturated carbocycles. The highest BCUT2D eigenvalue weighted by Crippen LogP contribution is 2.33. The largest absolute Gasteiger partial charge is 0.387 e. The van der Waals surface area contributed by atoms with Gasteiger partial charge in [0.15, 0.2) is 0 Å². The van der Waals surface area contributed by atoms with Gasteiger partial charge in [-0.15, -0.1) is 11.3 Å². The van der Waals surface area contributed by atoms with Crippen molar-refractivity contribution >= 4 is 37.4 Å². The molecule has 0 radical (unpaired) electrons. The third-order valence-corrected chi connectivity index (χ3v) is 5.36. The minimum atomic E-state index is -0.747. The maximum Gasteiger partial charge on any atom is 0.137 e. The van der Waals surface area contributed by atoms with E-state index in [9.17, 15) is 13.9 Å². The molecule has 5 heteroatoms. The fourth-order valence-corrected chi connectivity index (χ4v) is 3.71. The summed E-state index contributed by atoms with van der Waals surface area (Å²) in [5, 5.41) is 11.2. The average Bonchev–Trinajstić information content (AvgIpc) is 2.87. The Morgan fingerprint density at radius 3 is 2.76 bits per heavy atom. The van der Waals surface area contributed by atoms with E-state index in [0.717, 1.165) is 15.0 Å². The summed E-state index contributed by atoms with van der Waals surface area (Å²) < 4.78 is 27.8. The SMILES string of the molecule is OC(Cc1cccc(F)c1Br)c1cc2ccc(F)cc2s1. The van der Waals surface area contributed by atoms with E-state index in [1.807, 2.05) is 6.07 Å². The number of fused-ring (bicyclic) bond motifs is 1. The van der Waals surface area contributed by atoms with Crippen LogP contribution in [0.1, 0.15) is 16.5 Å². The van der Waals surface area contributed by atoms with E-state index in [4.69, 9.17) is 0 Å². The summed E-state index contributed by atoms with van der Waals surface area (Å²) in [4.78, 5) is 0.742. The summed E-state index contributed by atoms with van der Waals surface area (Å²) >= 11 is 4.54. The Hall–Kier alpha value is -1.30. The van der Waals surface area contributed by atoms with Crippen LogP contribution < -0.4 is 0 Å². The number of thiophene rings is 1. The van der Waals surface area contributed by atoms with Gasteiger partial charge in [0, 0.05) is 16.0 Å². The first kappa shape index (κ1) is 14.6. The zero-order chi connectivity index (χ0) is 15.0. The predicted molar refractivity (Wildman–Crippen MR) is 84.5 cm³/mol. The molecule has 0 fully saturated rings. The summed E-state index contributed by atoms with van der Waals surface area (Å²) in [5.41, 5.74) is 0.700. The van der Waals surface area contributed by atoms with Crippen molar-refractivity contribution in [1.29, 1.82) is 0 Å². The molecule has 1 atom stereocenters. The van der Waals surface area contributed by atoms with Crippen LogP contribution in [0.3, 0.4) is 0 Å². The number of aliphatic hydroxyl groups is 1. The van der Waals surface area contributed by atoms with E-state index >= 15 is 0 Å². The third kappa shape index (κ3) is 3.00. The summed E-state index contributed by atoms with van der Waals surface area (Å²) in [6.07, 6.45) is -0.447. The van der Waals surface area contributed by atoms with Crippen molar-refractivity contribution in [3.05, 3.63) is 69.0 Å². The van der Waals surface area contributed by atoms with Gasteiger partial charge < -0.3 is 5.11 Å². The summed E-state index contributed by atoms with van der Waals surface area (Å²) in [6, 6.07) is 11.1. The van der Waals surface area contributed by atoms with Crippen LogP contribution in [0.2, 0.25) is 0 Å². The van der Waals surface area contributed by atoms with E-state index < -0.39 is 6.10 Å². The van der Waals surface area contributed by atoms with Crippen LogP contribution in [0.15, 0.2) is 46.9 Å². The molecule has 0 bridgehead atoms. The van der Waals surface area contributed by atoms with Gasteiger partial charge >= 0.3 is 0 Å². The Morgan fingerprint density at radius 1 is 1.14 bits per heavy atom. The first-order valence-corrected chi connectivity index (χ1v) is 7.95. The quantitative estimate of drug-likeness (QED) is 0.671. The normalized spacial score (nSPS) is 12.8. The van der Waals surface area contributed by atoms with Gasteiger partial charge in [0.1, 0.15) is 11.6 Å². The van der Waals surface area contributed by atoms with Gasteiger partial charge in [-0.3, -0.25) is 0 Å². The second-order valence-electron chi connectivity index (χ2n) is 4.76. The van der Waals surface area contributed by atoms with Crippen LogP contribution in [-0.2, 0) is 6.42 Å². The molecule has 0 saturated heterocycles. The van der Waals surface area contributed by atoms with Crippen molar-refractivity contribution in [1.82, 2.24) is 0 Å². The minimum absolute atomic E-state index is 0.293. The summed E-state index contributed by atoms with van der Waals surface area (Å²) in [5.74, 6) is -0.642. The number of halogens is 3. The number of hydrogen-bond donors (Lipinski definition) is 1. The van der Waals surface area contributed by atoms with E-state index in [0.29, 0.717) is 16.5 Å². The number of aliphatic hydroxyl groups excluding tert-OH is 1. The topological polar surface area (TPSA) is 20.2 Å². The lowest BCUT2D eigenvalue weighted by atomic mass is 10.1. The van der Waals surface area contributed by atoms with Crippen LogP contribution >= 0.6 is 27.3 Å². The first-order chi connectivity index (χ1) is 10.0. The molecule has 1 nitrogen and oxygen atoms in total. The first-order valence-electron chi connectivity index (χ1n) is 6.34. The van der Waals surface area contributed by atoms with Crippen LogP contribution in [0.5, 0.6) is 0 Å². The van der Waals surface area contributed by atoms with Gasteiger partial charge in [-0.05, 0) is 51.1 Å². The van der Waals surface area contributed by atoms with Crippen LogP contribution in [0.4, 0.5) is 8.78 Å². The Bertz CT molecular complexity index is 800. The van der Waals surface area contributed by atoms with Gasteiger partial charge in [-0.25, -0.2) is 8.78 Å². The zero-order valence-electron chi connectivity index (χ0n) is 10.8. The molecule has 0 aliphatic rings. The smallest absolute Gasteiger partial charge is 0.137 e. The molecule has 3 rings (SSSR count). The van der Waals surface area contributed by atoms with Crippen molar-refractivity contribution in [2.45, 2.75) is 12.5 Å². The molecule has 1 heterocycles. The fraction of sp³-hybridized carbons (Fsp3) is 0.125. The molecule has 1 unspecified atom stereocenters. The van der Waals surface area contributed by atoms with Gasteiger partial charge in [0.25, 0.3) is 0 Å². The number of benzene rings is 2. The molecular weight excluding hydrogens is 358 g/mol. The van der Waals surface area contributed by atoms with Crippen molar-refractivity contribution in [3.63, 3.8) is 0 Å². The van der Waals surface area contributed by atoms with Gasteiger partial charge in [0.2, 0.25) is 0 Å². The van der Waals surface area contributed by atoms with Gasteiger partial charge in [-0.2, -0.15) is 0 Å². The van der Waals surface area contributed by atoms with Gasteiger partial charge in [-0.1, -0.05) is 18.2 Å². The molecule has 1 aromatic heterocycles. The number of hydrogen-bond acceptors (Lipinski definition) is 2. The zero-order valence-corrected chi connectivity index (χ0v) is 13.2. The Morgan fingerprint density at radius 2 is 1.95 bits per heavy atom. The second-order valence-corrected chi connectivity index (χ2v) is 6.67. The third-order valence-electron chi connectivity index (χ3n) is 3.27. The molecule has 1 N–H and O–H groups in total.